The monoisotopic (exact) mass is 208 g/mol. The van der Waals surface area contributed by atoms with Crippen molar-refractivity contribution in [3.8, 4) is 0 Å². The van der Waals surface area contributed by atoms with Gasteiger partial charge in [-0.25, -0.2) is 0 Å². The van der Waals surface area contributed by atoms with E-state index in [0.29, 0.717) is 30.0 Å². The van der Waals surface area contributed by atoms with Gasteiger partial charge in [0, 0.05) is 25.7 Å². The maximum Gasteiger partial charge on any atom is 0.323 e. The van der Waals surface area contributed by atoms with Crippen molar-refractivity contribution in [1.29, 1.82) is 0 Å². The lowest BCUT2D eigenvalue weighted by atomic mass is 10.0. The highest BCUT2D eigenvalue weighted by Crippen LogP contribution is 2.89. The third kappa shape index (κ3) is 0.595. The van der Waals surface area contributed by atoms with Crippen LogP contribution in [0, 0.1) is 17.3 Å². The van der Waals surface area contributed by atoms with E-state index in [2.05, 4.69) is 0 Å². The first-order valence-electron chi connectivity index (χ1n) is 5.55. The normalized spacial score (nSPS) is 59.6. The minimum Gasteiger partial charge on any atom is -0.458 e. The van der Waals surface area contributed by atoms with E-state index >= 15 is 0 Å². The molecule has 0 aromatic heterocycles. The van der Waals surface area contributed by atoms with Gasteiger partial charge in [0.2, 0.25) is 5.79 Å². The van der Waals surface area contributed by atoms with E-state index < -0.39 is 5.79 Å². The molecule has 0 aromatic rings. The first-order chi connectivity index (χ1) is 7.14. The van der Waals surface area contributed by atoms with Gasteiger partial charge in [-0.2, -0.15) is 0 Å². The molecule has 5 atom stereocenters. The summed E-state index contributed by atoms with van der Waals surface area (Å²) in [5.74, 6) is 2.37. The molecule has 15 heavy (non-hydrogen) atoms. The first kappa shape index (κ1) is 7.39. The molecule has 5 aliphatic rings. The number of ether oxygens (including phenoxy) is 4. The molecule has 3 heterocycles. The maximum absolute atomic E-state index is 5.86. The lowest BCUT2D eigenvalue weighted by Crippen LogP contribution is -2.26. The maximum atomic E-state index is 5.86. The van der Waals surface area contributed by atoms with Crippen molar-refractivity contribution in [2.24, 2.45) is 17.3 Å². The van der Waals surface area contributed by atoms with Crippen LogP contribution in [0.25, 0.3) is 0 Å². The Labute approximate surface area is 87.1 Å². The summed E-state index contributed by atoms with van der Waals surface area (Å²) in [7, 11) is 0. The van der Waals surface area contributed by atoms with Crippen LogP contribution in [-0.2, 0) is 18.9 Å². The van der Waals surface area contributed by atoms with Gasteiger partial charge in [0.05, 0.1) is 18.1 Å². The molecule has 3 fully saturated rings. The molecular formula is C11H12O4. The van der Waals surface area contributed by atoms with Crippen molar-refractivity contribution in [2.75, 3.05) is 6.61 Å². The molecule has 80 valence electrons. The van der Waals surface area contributed by atoms with Crippen LogP contribution in [0.3, 0.4) is 0 Å². The number of rotatable bonds is 1. The zero-order chi connectivity index (χ0) is 10.00. The van der Waals surface area contributed by atoms with E-state index in [-0.39, 0.29) is 5.41 Å². The SMILES string of the molecule is CC1(C)OC2=C(O1)C13C([C@@H]1C1CO1)[C@@H]3O2. The van der Waals surface area contributed by atoms with Gasteiger partial charge < -0.3 is 18.9 Å². The van der Waals surface area contributed by atoms with E-state index in [1.165, 1.54) is 0 Å². The number of fused-ring (bicyclic) bond motifs is 1. The molecule has 5 rings (SSSR count). The summed E-state index contributed by atoms with van der Waals surface area (Å²) in [4.78, 5) is 0. The van der Waals surface area contributed by atoms with Crippen LogP contribution in [0.2, 0.25) is 0 Å². The molecule has 0 aromatic carbocycles. The van der Waals surface area contributed by atoms with E-state index in [9.17, 15) is 0 Å². The molecular weight excluding hydrogens is 196 g/mol. The summed E-state index contributed by atoms with van der Waals surface area (Å²) in [5.41, 5.74) is 0.171. The molecule has 0 N–H and O–H groups in total. The van der Waals surface area contributed by atoms with Gasteiger partial charge in [-0.3, -0.25) is 0 Å². The Morgan fingerprint density at radius 3 is 2.73 bits per heavy atom. The molecule has 1 saturated heterocycles. The fourth-order valence-corrected chi connectivity index (χ4v) is 3.56. The zero-order valence-corrected chi connectivity index (χ0v) is 8.65. The topological polar surface area (TPSA) is 40.2 Å². The van der Waals surface area contributed by atoms with E-state index in [4.69, 9.17) is 18.9 Å². The van der Waals surface area contributed by atoms with Crippen LogP contribution in [-0.4, -0.2) is 24.6 Å². The van der Waals surface area contributed by atoms with Crippen molar-refractivity contribution >= 4 is 0 Å². The van der Waals surface area contributed by atoms with E-state index in [0.717, 1.165) is 12.4 Å². The Morgan fingerprint density at radius 1 is 1.20 bits per heavy atom. The fourth-order valence-electron chi connectivity index (χ4n) is 3.56. The second kappa shape index (κ2) is 1.65. The van der Waals surface area contributed by atoms with Crippen LogP contribution < -0.4 is 0 Å². The number of hydrogen-bond donors (Lipinski definition) is 0. The Kier molecular flexibility index (Phi) is 0.812. The van der Waals surface area contributed by atoms with Crippen molar-refractivity contribution in [3.63, 3.8) is 0 Å². The molecule has 3 unspecified atom stereocenters. The Balaban J connectivity index is 1.53. The Morgan fingerprint density at radius 2 is 2.00 bits per heavy atom. The fraction of sp³-hybridized carbons (Fsp3) is 0.818. The standard InChI is InChI=1S/C11H12O4/c1-10(2)14-8-9(15-10)13-7-6-5(4-3-12-4)11(6,7)8/h4-7H,3H2,1-2H3/t4?,5-,6?,7-,11?/m0/s1. The van der Waals surface area contributed by atoms with Gasteiger partial charge >= 0.3 is 5.95 Å². The van der Waals surface area contributed by atoms with Crippen molar-refractivity contribution < 1.29 is 18.9 Å². The predicted molar refractivity (Wildman–Crippen MR) is 47.3 cm³/mol. The minimum atomic E-state index is -0.547. The molecule has 0 amide bonds. The molecule has 2 saturated carbocycles. The third-order valence-electron chi connectivity index (χ3n) is 4.33. The van der Waals surface area contributed by atoms with Crippen LogP contribution in [0.4, 0.5) is 0 Å². The Hall–Kier alpha value is -0.900. The summed E-state index contributed by atoms with van der Waals surface area (Å²) >= 11 is 0. The lowest BCUT2D eigenvalue weighted by Gasteiger charge is -2.22. The van der Waals surface area contributed by atoms with Crippen molar-refractivity contribution in [2.45, 2.75) is 31.8 Å². The van der Waals surface area contributed by atoms with Crippen LogP contribution in [0.5, 0.6) is 0 Å². The third-order valence-corrected chi connectivity index (χ3v) is 4.33. The highest BCUT2D eigenvalue weighted by molar-refractivity contribution is 5.50. The molecule has 2 aliphatic carbocycles. The van der Waals surface area contributed by atoms with Crippen molar-refractivity contribution in [1.82, 2.24) is 0 Å². The summed E-state index contributed by atoms with van der Waals surface area (Å²) in [5, 5.41) is 0. The van der Waals surface area contributed by atoms with Gasteiger partial charge in [-0.05, 0) is 0 Å². The van der Waals surface area contributed by atoms with Crippen LogP contribution in [0.15, 0.2) is 11.7 Å². The summed E-state index contributed by atoms with van der Waals surface area (Å²) in [6.45, 7) is 4.76. The summed E-state index contributed by atoms with van der Waals surface area (Å²) in [6, 6.07) is 0. The molecule has 1 spiro atoms. The average Bonchev–Trinajstić information content (AvgIpc) is 2.99. The average molecular weight is 208 g/mol. The number of epoxide rings is 1. The predicted octanol–water partition coefficient (Wildman–Crippen LogP) is 0.982. The van der Waals surface area contributed by atoms with Gasteiger partial charge in [0.25, 0.3) is 0 Å². The molecule has 3 aliphatic heterocycles. The minimum absolute atomic E-state index is 0.171. The van der Waals surface area contributed by atoms with Gasteiger partial charge in [0.1, 0.15) is 6.10 Å². The quantitative estimate of drug-likeness (QED) is 0.602. The molecule has 0 bridgehead atoms. The lowest BCUT2D eigenvalue weighted by molar-refractivity contribution is -0.164. The van der Waals surface area contributed by atoms with Crippen LogP contribution >= 0.6 is 0 Å². The zero-order valence-electron chi connectivity index (χ0n) is 8.65. The summed E-state index contributed by atoms with van der Waals surface area (Å²) in [6.07, 6.45) is 0.807. The Bertz CT molecular complexity index is 422. The van der Waals surface area contributed by atoms with Gasteiger partial charge in [-0.1, -0.05) is 0 Å². The van der Waals surface area contributed by atoms with E-state index in [1.807, 2.05) is 13.8 Å². The van der Waals surface area contributed by atoms with Crippen LogP contribution in [0.1, 0.15) is 13.8 Å². The first-order valence-corrected chi connectivity index (χ1v) is 5.55. The highest BCUT2D eigenvalue weighted by atomic mass is 16.8. The van der Waals surface area contributed by atoms with Gasteiger partial charge in [-0.15, -0.1) is 0 Å². The molecule has 4 heteroatoms. The summed E-state index contributed by atoms with van der Waals surface area (Å²) < 4.78 is 22.6. The molecule has 4 nitrogen and oxygen atoms in total. The highest BCUT2D eigenvalue weighted by Gasteiger charge is 2.97. The smallest absolute Gasteiger partial charge is 0.323 e. The molecule has 0 radical (unpaired) electrons. The number of hydrogen-bond acceptors (Lipinski definition) is 4. The largest absolute Gasteiger partial charge is 0.458 e. The van der Waals surface area contributed by atoms with Gasteiger partial charge in [0.15, 0.2) is 5.76 Å². The van der Waals surface area contributed by atoms with Crippen molar-refractivity contribution in [3.05, 3.63) is 11.7 Å². The van der Waals surface area contributed by atoms with E-state index in [1.54, 1.807) is 0 Å². The second-order valence-corrected chi connectivity index (χ2v) is 5.62. The second-order valence-electron chi connectivity index (χ2n) is 5.62.